The molecule has 6 heteroatoms. The molecule has 0 N–H and O–H groups in total. The van der Waals surface area contributed by atoms with Crippen molar-refractivity contribution in [1.82, 2.24) is 0 Å². The predicted molar refractivity (Wildman–Crippen MR) is 68.8 cm³/mol. The molecular formula is C10H12BrNO3S. The summed E-state index contributed by atoms with van der Waals surface area (Å²) in [5.41, 5.74) is 1.06. The largest absolute Gasteiger partial charge is 0.384 e. The molecule has 0 atom stereocenters. The summed E-state index contributed by atoms with van der Waals surface area (Å²) in [4.78, 5) is 10.3. The van der Waals surface area contributed by atoms with Crippen LogP contribution in [0.1, 0.15) is 5.56 Å². The van der Waals surface area contributed by atoms with Crippen LogP contribution >= 0.6 is 27.7 Å². The first kappa shape index (κ1) is 13.5. The Labute approximate surface area is 107 Å². The van der Waals surface area contributed by atoms with Crippen molar-refractivity contribution in [2.45, 2.75) is 5.75 Å². The first-order chi connectivity index (χ1) is 7.66. The van der Waals surface area contributed by atoms with E-state index in [1.165, 1.54) is 6.07 Å². The van der Waals surface area contributed by atoms with Crippen molar-refractivity contribution < 1.29 is 9.66 Å². The number of hydrogen-bond donors (Lipinski definition) is 0. The van der Waals surface area contributed by atoms with Crippen LogP contribution in [0.25, 0.3) is 0 Å². The lowest BCUT2D eigenvalue weighted by atomic mass is 10.2. The summed E-state index contributed by atoms with van der Waals surface area (Å²) in [6, 6.07) is 5.08. The van der Waals surface area contributed by atoms with Crippen molar-refractivity contribution in [2.75, 3.05) is 19.5 Å². The Morgan fingerprint density at radius 2 is 2.31 bits per heavy atom. The first-order valence-electron chi connectivity index (χ1n) is 4.65. The molecule has 0 aliphatic carbocycles. The quantitative estimate of drug-likeness (QED) is 0.460. The minimum absolute atomic E-state index is 0.116. The van der Waals surface area contributed by atoms with E-state index in [0.29, 0.717) is 11.1 Å². The highest BCUT2D eigenvalue weighted by atomic mass is 79.9. The number of thioether (sulfide) groups is 1. The maximum absolute atomic E-state index is 10.7. The van der Waals surface area contributed by atoms with Gasteiger partial charge in [0.2, 0.25) is 0 Å². The molecule has 0 aliphatic rings. The minimum Gasteiger partial charge on any atom is -0.384 e. The van der Waals surface area contributed by atoms with E-state index in [-0.39, 0.29) is 10.6 Å². The van der Waals surface area contributed by atoms with Crippen molar-refractivity contribution in [3.05, 3.63) is 38.3 Å². The maximum Gasteiger partial charge on any atom is 0.283 e. The summed E-state index contributed by atoms with van der Waals surface area (Å²) in [6.45, 7) is 0.692. The number of hydrogen-bond acceptors (Lipinski definition) is 4. The number of methoxy groups -OCH3 is 1. The zero-order valence-electron chi connectivity index (χ0n) is 8.81. The van der Waals surface area contributed by atoms with Crippen LogP contribution in [0, 0.1) is 10.1 Å². The Hall–Kier alpha value is -0.590. The van der Waals surface area contributed by atoms with Crippen LogP contribution in [-0.2, 0) is 10.5 Å². The maximum atomic E-state index is 10.7. The SMILES string of the molecule is COCCSCc1cccc([N+](=O)[O-])c1Br. The molecule has 1 aromatic carbocycles. The summed E-state index contributed by atoms with van der Waals surface area (Å²) < 4.78 is 5.51. The minimum atomic E-state index is -0.382. The molecule has 1 aromatic rings. The molecule has 88 valence electrons. The molecule has 0 spiro atoms. The van der Waals surface area contributed by atoms with Crippen molar-refractivity contribution in [3.8, 4) is 0 Å². The molecule has 0 saturated carbocycles. The zero-order valence-corrected chi connectivity index (χ0v) is 11.2. The molecule has 1 rings (SSSR count). The number of nitro groups is 1. The van der Waals surface area contributed by atoms with E-state index in [1.54, 1.807) is 24.9 Å². The Kier molecular flexibility index (Phi) is 5.79. The van der Waals surface area contributed by atoms with Gasteiger partial charge in [-0.05, 0) is 21.5 Å². The highest BCUT2D eigenvalue weighted by molar-refractivity contribution is 9.10. The lowest BCUT2D eigenvalue weighted by Crippen LogP contribution is -1.95. The Balaban J connectivity index is 2.66. The molecule has 4 nitrogen and oxygen atoms in total. The van der Waals surface area contributed by atoms with Crippen LogP contribution in [0.3, 0.4) is 0 Å². The first-order valence-corrected chi connectivity index (χ1v) is 6.60. The topological polar surface area (TPSA) is 52.4 Å². The fourth-order valence-electron chi connectivity index (χ4n) is 1.14. The number of nitro benzene ring substituents is 1. The second-order valence-electron chi connectivity index (χ2n) is 3.05. The third-order valence-corrected chi connectivity index (χ3v) is 3.83. The number of ether oxygens (including phenoxy) is 1. The number of rotatable bonds is 6. The Morgan fingerprint density at radius 3 is 2.94 bits per heavy atom. The molecule has 0 unspecified atom stereocenters. The molecule has 16 heavy (non-hydrogen) atoms. The molecule has 0 heterocycles. The summed E-state index contributed by atoms with van der Waals surface area (Å²) in [5.74, 6) is 1.62. The zero-order chi connectivity index (χ0) is 12.0. The van der Waals surface area contributed by atoms with E-state index in [9.17, 15) is 10.1 Å². The standard InChI is InChI=1S/C10H12BrNO3S/c1-15-5-6-16-7-8-3-2-4-9(10(8)11)12(13)14/h2-4H,5-7H2,1H3. The van der Waals surface area contributed by atoms with E-state index in [2.05, 4.69) is 15.9 Å². The summed E-state index contributed by atoms with van der Waals surface area (Å²) in [7, 11) is 1.66. The lowest BCUT2D eigenvalue weighted by Gasteiger charge is -2.04. The fourth-order valence-corrected chi connectivity index (χ4v) is 2.77. The van der Waals surface area contributed by atoms with Crippen molar-refractivity contribution in [3.63, 3.8) is 0 Å². The molecule has 0 fully saturated rings. The van der Waals surface area contributed by atoms with Gasteiger partial charge in [0.1, 0.15) is 0 Å². The summed E-state index contributed by atoms with van der Waals surface area (Å²) >= 11 is 4.95. The highest BCUT2D eigenvalue weighted by Gasteiger charge is 2.14. The highest BCUT2D eigenvalue weighted by Crippen LogP contribution is 2.30. The second-order valence-corrected chi connectivity index (χ2v) is 4.95. The van der Waals surface area contributed by atoms with Gasteiger partial charge in [0.25, 0.3) is 5.69 Å². The number of halogens is 1. The molecular weight excluding hydrogens is 294 g/mol. The van der Waals surface area contributed by atoms with Gasteiger partial charge in [-0.25, -0.2) is 0 Å². The van der Waals surface area contributed by atoms with E-state index in [4.69, 9.17) is 4.74 Å². The van der Waals surface area contributed by atoms with Gasteiger partial charge >= 0.3 is 0 Å². The van der Waals surface area contributed by atoms with Crippen LogP contribution in [0.4, 0.5) is 5.69 Å². The average Bonchev–Trinajstić information content (AvgIpc) is 2.26. The van der Waals surface area contributed by atoms with Gasteiger partial charge in [0.15, 0.2) is 0 Å². The van der Waals surface area contributed by atoms with E-state index < -0.39 is 0 Å². The van der Waals surface area contributed by atoms with E-state index >= 15 is 0 Å². The van der Waals surface area contributed by atoms with Gasteiger partial charge in [0.05, 0.1) is 16.0 Å². The monoisotopic (exact) mass is 305 g/mol. The number of benzene rings is 1. The van der Waals surface area contributed by atoms with Gasteiger partial charge in [-0.1, -0.05) is 12.1 Å². The predicted octanol–water partition coefficient (Wildman–Crippen LogP) is 3.24. The van der Waals surface area contributed by atoms with Gasteiger partial charge in [-0.2, -0.15) is 11.8 Å². The lowest BCUT2D eigenvalue weighted by molar-refractivity contribution is -0.385. The molecule has 0 aromatic heterocycles. The smallest absolute Gasteiger partial charge is 0.283 e. The van der Waals surface area contributed by atoms with E-state index in [1.807, 2.05) is 6.07 Å². The third-order valence-electron chi connectivity index (χ3n) is 1.94. The summed E-state index contributed by atoms with van der Waals surface area (Å²) in [6.07, 6.45) is 0. The van der Waals surface area contributed by atoms with Crippen LogP contribution in [0.2, 0.25) is 0 Å². The van der Waals surface area contributed by atoms with Crippen molar-refractivity contribution >= 4 is 33.4 Å². The Bertz CT molecular complexity index is 373. The third kappa shape index (κ3) is 3.77. The van der Waals surface area contributed by atoms with Gasteiger partial charge in [-0.3, -0.25) is 10.1 Å². The molecule has 0 aliphatic heterocycles. The summed E-state index contributed by atoms with van der Waals surface area (Å²) in [5, 5.41) is 10.7. The average molecular weight is 306 g/mol. The van der Waals surface area contributed by atoms with Gasteiger partial charge in [0, 0.05) is 24.7 Å². The fraction of sp³-hybridized carbons (Fsp3) is 0.400. The second kappa shape index (κ2) is 6.88. The van der Waals surface area contributed by atoms with Gasteiger partial charge in [-0.15, -0.1) is 0 Å². The van der Waals surface area contributed by atoms with Gasteiger partial charge < -0.3 is 4.74 Å². The molecule has 0 amide bonds. The van der Waals surface area contributed by atoms with Crippen LogP contribution in [-0.4, -0.2) is 24.4 Å². The van der Waals surface area contributed by atoms with Crippen molar-refractivity contribution in [1.29, 1.82) is 0 Å². The van der Waals surface area contributed by atoms with Crippen molar-refractivity contribution in [2.24, 2.45) is 0 Å². The van der Waals surface area contributed by atoms with Crippen LogP contribution < -0.4 is 0 Å². The molecule has 0 bridgehead atoms. The molecule has 0 saturated heterocycles. The van der Waals surface area contributed by atoms with Crippen LogP contribution in [0.5, 0.6) is 0 Å². The number of nitrogens with zero attached hydrogens (tertiary/aromatic N) is 1. The Morgan fingerprint density at radius 1 is 1.56 bits per heavy atom. The molecule has 0 radical (unpaired) electrons. The van der Waals surface area contributed by atoms with E-state index in [0.717, 1.165) is 17.1 Å². The van der Waals surface area contributed by atoms with Crippen LogP contribution in [0.15, 0.2) is 22.7 Å². The normalized spacial score (nSPS) is 10.4.